The van der Waals surface area contributed by atoms with Crippen molar-refractivity contribution in [1.82, 2.24) is 0 Å². The van der Waals surface area contributed by atoms with Gasteiger partial charge in [0.2, 0.25) is 0 Å². The number of benzene rings is 4. The Kier molecular flexibility index (Phi) is 10.7. The molecular formula is C36H38O5Se. The second-order valence-electron chi connectivity index (χ2n) is 10.5. The third kappa shape index (κ3) is 7.40. The van der Waals surface area contributed by atoms with Crippen LogP contribution in [0, 0.1) is 0 Å². The van der Waals surface area contributed by atoms with Crippen molar-refractivity contribution < 1.29 is 23.7 Å². The molecule has 0 aliphatic carbocycles. The van der Waals surface area contributed by atoms with E-state index in [0.29, 0.717) is 32.2 Å². The van der Waals surface area contributed by atoms with E-state index < -0.39 is 28.9 Å². The molecule has 4 aromatic carbocycles. The van der Waals surface area contributed by atoms with Crippen LogP contribution in [-0.4, -0.2) is 45.9 Å². The van der Waals surface area contributed by atoms with Gasteiger partial charge in [-0.2, -0.15) is 0 Å². The molecule has 0 amide bonds. The van der Waals surface area contributed by atoms with E-state index in [0.717, 1.165) is 22.3 Å². The zero-order valence-corrected chi connectivity index (χ0v) is 25.8. The van der Waals surface area contributed by atoms with Crippen LogP contribution in [0.4, 0.5) is 0 Å². The summed E-state index contributed by atoms with van der Waals surface area (Å²) >= 11 is 2.62. The molecule has 0 saturated carbocycles. The average molecular weight is 630 g/mol. The van der Waals surface area contributed by atoms with Crippen molar-refractivity contribution >= 4 is 16.0 Å². The number of rotatable bonds is 13. The third-order valence-electron chi connectivity index (χ3n) is 7.30. The van der Waals surface area contributed by atoms with E-state index in [9.17, 15) is 0 Å². The summed E-state index contributed by atoms with van der Waals surface area (Å²) in [6, 6.07) is 40.6. The van der Waals surface area contributed by atoms with Crippen molar-refractivity contribution in [1.29, 1.82) is 0 Å². The van der Waals surface area contributed by atoms with E-state index in [1.165, 1.54) is 0 Å². The Hall–Kier alpha value is -3.22. The normalized spacial score (nSPS) is 23.8. The maximum atomic E-state index is 7.09. The van der Waals surface area contributed by atoms with Gasteiger partial charge in [0.15, 0.2) is 0 Å². The van der Waals surface area contributed by atoms with Gasteiger partial charge >= 0.3 is 258 Å². The van der Waals surface area contributed by atoms with Gasteiger partial charge in [0, 0.05) is 0 Å². The van der Waals surface area contributed by atoms with Crippen molar-refractivity contribution in [3.63, 3.8) is 0 Å². The molecule has 4 aromatic rings. The van der Waals surface area contributed by atoms with Crippen LogP contribution < -0.4 is 0 Å². The Bertz CT molecular complexity index is 1370. The Morgan fingerprint density at radius 1 is 0.714 bits per heavy atom. The average Bonchev–Trinajstić information content (AvgIpc) is 3.03. The van der Waals surface area contributed by atoms with Gasteiger partial charge in [-0.1, -0.05) is 0 Å². The molecule has 5 nitrogen and oxygen atoms in total. The maximum absolute atomic E-state index is 7.09. The molecule has 1 heterocycles. The molecule has 5 rings (SSSR count). The van der Waals surface area contributed by atoms with Crippen LogP contribution >= 0.6 is 0 Å². The molecule has 0 N–H and O–H groups in total. The monoisotopic (exact) mass is 630 g/mol. The van der Waals surface area contributed by atoms with Gasteiger partial charge in [-0.3, -0.25) is 0 Å². The van der Waals surface area contributed by atoms with Crippen LogP contribution in [0.3, 0.4) is 0 Å². The Morgan fingerprint density at radius 2 is 1.21 bits per heavy atom. The predicted octanol–water partition coefficient (Wildman–Crippen LogP) is 6.45. The van der Waals surface area contributed by atoms with Crippen LogP contribution in [0.25, 0.3) is 0 Å². The third-order valence-corrected chi connectivity index (χ3v) is 8.12. The summed E-state index contributed by atoms with van der Waals surface area (Å²) in [5, 5.41) is -0.410. The Labute approximate surface area is 257 Å². The van der Waals surface area contributed by atoms with Gasteiger partial charge in [0.25, 0.3) is 0 Å². The summed E-state index contributed by atoms with van der Waals surface area (Å²) in [6.45, 7) is 7.43. The van der Waals surface area contributed by atoms with Crippen LogP contribution in [0.5, 0.6) is 0 Å². The fourth-order valence-electron chi connectivity index (χ4n) is 5.37. The second-order valence-corrected chi connectivity index (χ2v) is 11.5. The molecule has 1 aliphatic heterocycles. The molecule has 1 aliphatic rings. The standard InChI is InChI=1S/C36H38O5Se/c1-27(2)40-34-35(42)41-32(26-37-23-28-15-7-3-8-16-28)33(38-24-29-17-9-4-10-18-29)36(34,31-21-13-6-14-22-31)39-25-30-19-11-5-12-20-30/h3-22,32-35,42H,1,23-26H2,2H3/t32-,33-,34-,35-,36+/m1/s1. The van der Waals surface area contributed by atoms with Crippen molar-refractivity contribution in [2.75, 3.05) is 6.61 Å². The Morgan fingerprint density at radius 3 is 1.76 bits per heavy atom. The molecule has 0 radical (unpaired) electrons. The Balaban J connectivity index is 1.56. The van der Waals surface area contributed by atoms with E-state index in [4.69, 9.17) is 23.7 Å². The first-order valence-electron chi connectivity index (χ1n) is 14.2. The van der Waals surface area contributed by atoms with E-state index in [-0.39, 0.29) is 0 Å². The first-order chi connectivity index (χ1) is 20.6. The van der Waals surface area contributed by atoms with Crippen LogP contribution in [0.15, 0.2) is 134 Å². The van der Waals surface area contributed by atoms with E-state index >= 15 is 0 Å². The quantitative estimate of drug-likeness (QED) is 0.126. The van der Waals surface area contributed by atoms with Gasteiger partial charge in [-0.25, -0.2) is 0 Å². The minimum atomic E-state index is -1.05. The first-order valence-corrected chi connectivity index (χ1v) is 15.3. The van der Waals surface area contributed by atoms with Crippen molar-refractivity contribution in [3.05, 3.63) is 156 Å². The number of hydrogen-bond donors (Lipinski definition) is 0. The SMILES string of the molecule is C=C(C)O[C@@H]1[C@@H]([SeH])O[C@H](COCc2ccccc2)[C@@H](OCc2ccccc2)[C@@]1(OCc1ccccc1)c1ccccc1. The fourth-order valence-corrected chi connectivity index (χ4v) is 6.29. The summed E-state index contributed by atoms with van der Waals surface area (Å²) in [4.78, 5) is 0. The molecular weight excluding hydrogens is 591 g/mol. The van der Waals surface area contributed by atoms with Gasteiger partial charge in [0.1, 0.15) is 0 Å². The van der Waals surface area contributed by atoms with Gasteiger partial charge in [-0.05, 0) is 0 Å². The van der Waals surface area contributed by atoms with Crippen molar-refractivity contribution in [2.24, 2.45) is 0 Å². The summed E-state index contributed by atoms with van der Waals surface area (Å²) in [7, 11) is 0. The molecule has 42 heavy (non-hydrogen) atoms. The van der Waals surface area contributed by atoms with Gasteiger partial charge in [-0.15, -0.1) is 0 Å². The molecule has 6 heteroatoms. The molecule has 0 unspecified atom stereocenters. The summed E-state index contributed by atoms with van der Waals surface area (Å²) < 4.78 is 33.3. The molecule has 1 fully saturated rings. The second kappa shape index (κ2) is 14.8. The molecule has 218 valence electrons. The predicted molar refractivity (Wildman–Crippen MR) is 166 cm³/mol. The van der Waals surface area contributed by atoms with E-state index in [2.05, 4.69) is 71.1 Å². The molecule has 0 bridgehead atoms. The zero-order valence-electron chi connectivity index (χ0n) is 23.9. The topological polar surface area (TPSA) is 46.2 Å². The van der Waals surface area contributed by atoms with Crippen LogP contribution in [-0.2, 0) is 49.1 Å². The number of hydrogen-bond acceptors (Lipinski definition) is 5. The van der Waals surface area contributed by atoms with Crippen molar-refractivity contribution in [3.8, 4) is 0 Å². The summed E-state index contributed by atoms with van der Waals surface area (Å²) in [5.74, 6) is 0.573. The summed E-state index contributed by atoms with van der Waals surface area (Å²) in [5.41, 5.74) is 3.09. The molecule has 0 spiro atoms. The van der Waals surface area contributed by atoms with Crippen LogP contribution in [0.1, 0.15) is 29.2 Å². The molecule has 5 atom stereocenters. The number of ether oxygens (including phenoxy) is 5. The van der Waals surface area contributed by atoms with Gasteiger partial charge < -0.3 is 0 Å². The van der Waals surface area contributed by atoms with Crippen molar-refractivity contribution in [2.45, 2.75) is 55.7 Å². The number of allylic oxidation sites excluding steroid dienone is 1. The molecule has 0 aromatic heterocycles. The van der Waals surface area contributed by atoms with E-state index in [1.54, 1.807) is 0 Å². The van der Waals surface area contributed by atoms with Gasteiger partial charge in [0.05, 0.1) is 0 Å². The zero-order chi connectivity index (χ0) is 29.2. The molecule has 1 saturated heterocycles. The minimum absolute atomic E-state index is 0.311. The first kappa shape index (κ1) is 30.2. The fraction of sp³-hybridized carbons (Fsp3) is 0.278. The summed E-state index contributed by atoms with van der Waals surface area (Å²) in [6.07, 6.45) is -1.59. The van der Waals surface area contributed by atoms with E-state index in [1.807, 2.05) is 79.7 Å². The van der Waals surface area contributed by atoms with Crippen LogP contribution in [0.2, 0.25) is 0 Å².